The smallest absolute Gasteiger partial charge is 0.106 e. The van der Waals surface area contributed by atoms with Crippen molar-refractivity contribution in [2.75, 3.05) is 5.32 Å². The van der Waals surface area contributed by atoms with Crippen LogP contribution in [0, 0.1) is 0 Å². The van der Waals surface area contributed by atoms with Crippen molar-refractivity contribution in [2.24, 2.45) is 0 Å². The molecule has 0 saturated carbocycles. The Bertz CT molecular complexity index is 710. The highest BCUT2D eigenvalue weighted by atomic mass is 35.5. The molecule has 3 rings (SSSR count). The molecule has 0 saturated heterocycles. The summed E-state index contributed by atoms with van der Waals surface area (Å²) in [5, 5.41) is 8.41. The molecule has 5 heteroatoms. The zero-order valence-electron chi connectivity index (χ0n) is 11.6. The topological polar surface area (TPSA) is 42.7 Å². The summed E-state index contributed by atoms with van der Waals surface area (Å²) < 4.78 is 1.77. The van der Waals surface area contributed by atoms with Crippen LogP contribution in [0.4, 0.5) is 5.69 Å². The predicted molar refractivity (Wildman–Crippen MR) is 84.8 cm³/mol. The lowest BCUT2D eigenvalue weighted by molar-refractivity contribution is 0.852. The summed E-state index contributed by atoms with van der Waals surface area (Å²) in [6, 6.07) is 11.8. The van der Waals surface area contributed by atoms with Crippen LogP contribution < -0.4 is 5.32 Å². The summed E-state index contributed by atoms with van der Waals surface area (Å²) in [6.45, 7) is 2.10. The third-order valence-corrected chi connectivity index (χ3v) is 3.60. The number of pyridine rings is 1. The van der Waals surface area contributed by atoms with E-state index in [1.807, 2.05) is 42.6 Å². The number of aromatic nitrogens is 3. The van der Waals surface area contributed by atoms with Crippen LogP contribution in [0.5, 0.6) is 0 Å². The van der Waals surface area contributed by atoms with Crippen molar-refractivity contribution in [3.8, 4) is 5.69 Å². The molecule has 0 amide bonds. The number of rotatable bonds is 4. The largest absolute Gasteiger partial charge is 0.377 e. The Labute approximate surface area is 128 Å². The Hall–Kier alpha value is -2.33. The summed E-state index contributed by atoms with van der Waals surface area (Å²) in [7, 11) is 0. The highest BCUT2D eigenvalue weighted by Gasteiger charge is 2.12. The second-order valence-electron chi connectivity index (χ2n) is 4.73. The number of anilines is 1. The van der Waals surface area contributed by atoms with Crippen molar-refractivity contribution in [1.29, 1.82) is 0 Å². The first-order chi connectivity index (χ1) is 10.3. The monoisotopic (exact) mass is 298 g/mol. The Balaban J connectivity index is 1.95. The first kappa shape index (κ1) is 13.6. The predicted octanol–water partition coefficient (Wildman–Crippen LogP) is 4.09. The van der Waals surface area contributed by atoms with E-state index in [1.165, 1.54) is 0 Å². The van der Waals surface area contributed by atoms with E-state index in [1.54, 1.807) is 23.3 Å². The maximum atomic E-state index is 6.34. The van der Waals surface area contributed by atoms with Gasteiger partial charge in [0.05, 0.1) is 10.7 Å². The van der Waals surface area contributed by atoms with E-state index in [0.717, 1.165) is 16.9 Å². The number of benzene rings is 1. The van der Waals surface area contributed by atoms with E-state index in [9.17, 15) is 0 Å². The molecule has 0 radical (unpaired) electrons. The number of nitrogens with one attached hydrogen (secondary N) is 1. The van der Waals surface area contributed by atoms with E-state index >= 15 is 0 Å². The summed E-state index contributed by atoms with van der Waals surface area (Å²) >= 11 is 6.34. The lowest BCUT2D eigenvalue weighted by Crippen LogP contribution is -2.10. The molecule has 0 aliphatic carbocycles. The van der Waals surface area contributed by atoms with Crippen LogP contribution >= 0.6 is 11.6 Å². The van der Waals surface area contributed by atoms with Crippen molar-refractivity contribution in [3.05, 3.63) is 71.8 Å². The van der Waals surface area contributed by atoms with E-state index in [0.29, 0.717) is 5.02 Å². The van der Waals surface area contributed by atoms with Crippen molar-refractivity contribution < 1.29 is 0 Å². The van der Waals surface area contributed by atoms with Gasteiger partial charge in [-0.25, -0.2) is 4.68 Å². The van der Waals surface area contributed by atoms with Crippen LogP contribution in [-0.4, -0.2) is 14.8 Å². The molecule has 1 atom stereocenters. The summed E-state index contributed by atoms with van der Waals surface area (Å²) in [4.78, 5) is 4.04. The molecule has 106 valence electrons. The van der Waals surface area contributed by atoms with Gasteiger partial charge >= 0.3 is 0 Å². The van der Waals surface area contributed by atoms with Crippen LogP contribution in [-0.2, 0) is 0 Å². The summed E-state index contributed by atoms with van der Waals surface area (Å²) in [5.41, 5.74) is 2.96. The molecule has 0 fully saturated rings. The van der Waals surface area contributed by atoms with E-state index in [2.05, 4.69) is 22.3 Å². The maximum absolute atomic E-state index is 6.34. The Morgan fingerprint density at radius 1 is 1.10 bits per heavy atom. The minimum Gasteiger partial charge on any atom is -0.377 e. The van der Waals surface area contributed by atoms with Crippen molar-refractivity contribution in [1.82, 2.24) is 14.8 Å². The molecule has 0 spiro atoms. The van der Waals surface area contributed by atoms with Gasteiger partial charge in [0.1, 0.15) is 5.69 Å². The number of hydrogen-bond acceptors (Lipinski definition) is 3. The van der Waals surface area contributed by atoms with Crippen molar-refractivity contribution >= 4 is 17.3 Å². The van der Waals surface area contributed by atoms with E-state index in [-0.39, 0.29) is 6.04 Å². The number of nitrogens with zero attached hydrogens (tertiary/aromatic N) is 3. The molecule has 2 aromatic heterocycles. The minimum atomic E-state index is 0.140. The first-order valence-electron chi connectivity index (χ1n) is 6.70. The number of halogens is 1. The first-order valence-corrected chi connectivity index (χ1v) is 7.08. The number of hydrogen-bond donors (Lipinski definition) is 1. The molecule has 1 unspecified atom stereocenters. The van der Waals surface area contributed by atoms with E-state index < -0.39 is 0 Å². The molecule has 0 aliphatic heterocycles. The molecule has 4 nitrogen and oxygen atoms in total. The van der Waals surface area contributed by atoms with Gasteiger partial charge in [-0.1, -0.05) is 17.7 Å². The van der Waals surface area contributed by atoms with Crippen molar-refractivity contribution in [3.63, 3.8) is 0 Å². The quantitative estimate of drug-likeness (QED) is 0.789. The summed E-state index contributed by atoms with van der Waals surface area (Å²) in [5.74, 6) is 0. The highest BCUT2D eigenvalue weighted by molar-refractivity contribution is 6.33. The maximum Gasteiger partial charge on any atom is 0.106 e. The third kappa shape index (κ3) is 2.90. The van der Waals surface area contributed by atoms with Crippen LogP contribution in [0.1, 0.15) is 18.5 Å². The highest BCUT2D eigenvalue weighted by Crippen LogP contribution is 2.30. The van der Waals surface area contributed by atoms with Crippen LogP contribution in [0.25, 0.3) is 5.69 Å². The zero-order valence-corrected chi connectivity index (χ0v) is 12.3. The molecule has 2 heterocycles. The molecule has 1 N–H and O–H groups in total. The fourth-order valence-corrected chi connectivity index (χ4v) is 2.50. The van der Waals surface area contributed by atoms with Crippen molar-refractivity contribution in [2.45, 2.75) is 13.0 Å². The molecule has 1 aromatic carbocycles. The minimum absolute atomic E-state index is 0.140. The van der Waals surface area contributed by atoms with Gasteiger partial charge in [-0.2, -0.15) is 5.10 Å². The zero-order chi connectivity index (χ0) is 14.7. The SMILES string of the molecule is CC(Nc1cccc(Cl)c1-n1cccn1)c1ccncc1. The number of para-hydroxylation sites is 1. The Kier molecular flexibility index (Phi) is 3.88. The Morgan fingerprint density at radius 2 is 1.90 bits per heavy atom. The van der Waals surface area contributed by atoms with Gasteiger partial charge in [0.25, 0.3) is 0 Å². The molecular formula is C16H15ClN4. The fraction of sp³-hybridized carbons (Fsp3) is 0.125. The second kappa shape index (κ2) is 5.97. The van der Waals surface area contributed by atoms with Crippen LogP contribution in [0.2, 0.25) is 5.02 Å². The molecular weight excluding hydrogens is 284 g/mol. The van der Waals surface area contributed by atoms with Gasteiger partial charge in [0, 0.05) is 30.8 Å². The average Bonchev–Trinajstić information content (AvgIpc) is 3.02. The van der Waals surface area contributed by atoms with Gasteiger partial charge in [-0.05, 0) is 42.8 Å². The average molecular weight is 299 g/mol. The molecule has 0 aliphatic rings. The van der Waals surface area contributed by atoms with Gasteiger partial charge in [-0.3, -0.25) is 4.98 Å². The molecule has 3 aromatic rings. The van der Waals surface area contributed by atoms with Gasteiger partial charge in [0.15, 0.2) is 0 Å². The normalized spacial score (nSPS) is 12.1. The third-order valence-electron chi connectivity index (χ3n) is 3.30. The second-order valence-corrected chi connectivity index (χ2v) is 5.14. The summed E-state index contributed by atoms with van der Waals surface area (Å²) in [6.07, 6.45) is 7.20. The van der Waals surface area contributed by atoms with Crippen LogP contribution in [0.15, 0.2) is 61.2 Å². The van der Waals surface area contributed by atoms with Crippen LogP contribution in [0.3, 0.4) is 0 Å². The standard InChI is InChI=1S/C16H15ClN4/c1-12(13-6-9-18-10-7-13)20-15-5-2-4-14(17)16(15)21-11-3-8-19-21/h2-12,20H,1H3. The lowest BCUT2D eigenvalue weighted by atomic mass is 10.1. The molecule has 21 heavy (non-hydrogen) atoms. The van der Waals surface area contributed by atoms with Gasteiger partial charge in [0.2, 0.25) is 0 Å². The molecule has 0 bridgehead atoms. The van der Waals surface area contributed by atoms with Gasteiger partial charge in [-0.15, -0.1) is 0 Å². The van der Waals surface area contributed by atoms with Gasteiger partial charge < -0.3 is 5.32 Å². The lowest BCUT2D eigenvalue weighted by Gasteiger charge is -2.19. The Morgan fingerprint density at radius 3 is 2.62 bits per heavy atom. The van der Waals surface area contributed by atoms with E-state index in [4.69, 9.17) is 11.6 Å². The fourth-order valence-electron chi connectivity index (χ4n) is 2.23.